The van der Waals surface area contributed by atoms with E-state index in [-0.39, 0.29) is 0 Å². The number of likely N-dealkylation sites (tertiary alicyclic amines) is 1. The van der Waals surface area contributed by atoms with Gasteiger partial charge in [0.2, 0.25) is 0 Å². The number of aryl methyl sites for hydroxylation is 1. The van der Waals surface area contributed by atoms with Gasteiger partial charge < -0.3 is 23.5 Å². The van der Waals surface area contributed by atoms with Gasteiger partial charge in [0.1, 0.15) is 24.7 Å². The quantitative estimate of drug-likeness (QED) is 0.0797. The second-order valence-electron chi connectivity index (χ2n) is 14.2. The van der Waals surface area contributed by atoms with Gasteiger partial charge in [0.15, 0.2) is 0 Å². The van der Waals surface area contributed by atoms with Crippen LogP contribution in [0.15, 0.2) is 103 Å². The summed E-state index contributed by atoms with van der Waals surface area (Å²) in [6, 6.07) is 36.0. The molecule has 3 aromatic heterocycles. The Balaban J connectivity index is 1.05. The lowest BCUT2D eigenvalue weighted by molar-refractivity contribution is 0.117. The SMILES string of the molecule is CCc1c(-c2ccc(OCc3ccccc3)cc2)c2c(COCCCCCCCCN3CCCCC3)cc3c(OCc4ccccc4)ccc1n32. The Bertz CT molecular complexity index is 1910. The lowest BCUT2D eigenvalue weighted by Gasteiger charge is -2.26. The fourth-order valence-electron chi connectivity index (χ4n) is 7.79. The molecule has 0 amide bonds. The van der Waals surface area contributed by atoms with Crippen molar-refractivity contribution in [1.82, 2.24) is 9.30 Å². The first-order valence-corrected chi connectivity index (χ1v) is 19.4. The predicted octanol–water partition coefficient (Wildman–Crippen LogP) is 11.3. The third kappa shape index (κ3) is 8.77. The molecule has 5 heteroatoms. The van der Waals surface area contributed by atoms with Crippen LogP contribution in [0.5, 0.6) is 11.5 Å². The first-order chi connectivity index (χ1) is 25.3. The zero-order chi connectivity index (χ0) is 34.7. The zero-order valence-electron chi connectivity index (χ0n) is 30.5. The standard InChI is InChI=1S/C46H54N2O3/c1-2-41-42-26-27-44(51-34-37-20-12-8-13-21-37)43-32-39(35-49-31-17-6-4-3-5-14-28-47-29-15-9-16-30-47)46(48(42)43)45(41)38-22-24-40(25-23-38)50-33-36-18-10-7-11-19-36/h7-8,10-13,18-27,32H,2-6,9,14-17,28-31,33-35H2,1H3. The topological polar surface area (TPSA) is 35.3 Å². The van der Waals surface area contributed by atoms with Crippen molar-refractivity contribution in [2.75, 3.05) is 26.2 Å². The highest BCUT2D eigenvalue weighted by molar-refractivity contribution is 5.98. The Labute approximate surface area is 304 Å². The van der Waals surface area contributed by atoms with Crippen LogP contribution in [0.25, 0.3) is 27.7 Å². The van der Waals surface area contributed by atoms with Crippen LogP contribution < -0.4 is 9.47 Å². The van der Waals surface area contributed by atoms with Crippen LogP contribution in [-0.2, 0) is 31.0 Å². The number of aromatic nitrogens is 1. The van der Waals surface area contributed by atoms with Gasteiger partial charge in [-0.05, 0) is 104 Å². The van der Waals surface area contributed by atoms with E-state index in [1.54, 1.807) is 0 Å². The monoisotopic (exact) mass is 682 g/mol. The van der Waals surface area contributed by atoms with E-state index in [9.17, 15) is 0 Å². The van der Waals surface area contributed by atoms with Crippen LogP contribution in [0.2, 0.25) is 0 Å². The molecule has 51 heavy (non-hydrogen) atoms. The second kappa shape index (κ2) is 17.7. The zero-order valence-corrected chi connectivity index (χ0v) is 30.5. The number of piperidine rings is 1. The molecule has 1 saturated heterocycles. The first kappa shape index (κ1) is 35.1. The number of hydrogen-bond donors (Lipinski definition) is 0. The lowest BCUT2D eigenvalue weighted by Crippen LogP contribution is -2.30. The van der Waals surface area contributed by atoms with Gasteiger partial charge in [0.25, 0.3) is 0 Å². The molecule has 0 bridgehead atoms. The van der Waals surface area contributed by atoms with Gasteiger partial charge >= 0.3 is 0 Å². The van der Waals surface area contributed by atoms with E-state index in [4.69, 9.17) is 14.2 Å². The van der Waals surface area contributed by atoms with Crippen LogP contribution in [0.1, 0.15) is 87.0 Å². The van der Waals surface area contributed by atoms with Gasteiger partial charge in [-0.3, -0.25) is 0 Å². The van der Waals surface area contributed by atoms with Crippen molar-refractivity contribution in [3.8, 4) is 22.6 Å². The molecule has 1 aliphatic rings. The van der Waals surface area contributed by atoms with E-state index in [2.05, 4.69) is 107 Å². The molecule has 1 aliphatic heterocycles. The summed E-state index contributed by atoms with van der Waals surface area (Å²) in [5.41, 5.74) is 10.9. The van der Waals surface area contributed by atoms with Gasteiger partial charge in [-0.15, -0.1) is 0 Å². The fourth-order valence-corrected chi connectivity index (χ4v) is 7.79. The Morgan fingerprint density at radius 1 is 0.608 bits per heavy atom. The molecule has 3 aromatic carbocycles. The molecule has 1 fully saturated rings. The Hall–Kier alpha value is -4.32. The van der Waals surface area contributed by atoms with E-state index < -0.39 is 0 Å². The van der Waals surface area contributed by atoms with Gasteiger partial charge in [-0.25, -0.2) is 0 Å². The van der Waals surface area contributed by atoms with Crippen molar-refractivity contribution in [1.29, 1.82) is 0 Å². The molecular weight excluding hydrogens is 629 g/mol. The molecule has 5 nitrogen and oxygen atoms in total. The van der Waals surface area contributed by atoms with Gasteiger partial charge in [0.05, 0.1) is 23.2 Å². The van der Waals surface area contributed by atoms with Crippen LogP contribution >= 0.6 is 0 Å². The third-order valence-electron chi connectivity index (χ3n) is 10.5. The highest BCUT2D eigenvalue weighted by Gasteiger charge is 2.24. The summed E-state index contributed by atoms with van der Waals surface area (Å²) < 4.78 is 21.5. The normalized spacial score (nSPS) is 13.7. The van der Waals surface area contributed by atoms with Crippen molar-refractivity contribution < 1.29 is 14.2 Å². The molecule has 6 aromatic rings. The minimum Gasteiger partial charge on any atom is -0.489 e. The van der Waals surface area contributed by atoms with Crippen LogP contribution in [-0.4, -0.2) is 35.5 Å². The van der Waals surface area contributed by atoms with E-state index in [0.29, 0.717) is 19.8 Å². The number of rotatable bonds is 19. The Morgan fingerprint density at radius 2 is 1.27 bits per heavy atom. The van der Waals surface area contributed by atoms with E-state index in [0.717, 1.165) is 47.6 Å². The number of nitrogens with zero attached hydrogens (tertiary/aromatic N) is 2. The highest BCUT2D eigenvalue weighted by atomic mass is 16.5. The molecule has 0 unspecified atom stereocenters. The molecular formula is C46H54N2O3. The minimum absolute atomic E-state index is 0.534. The average Bonchev–Trinajstić information content (AvgIpc) is 3.73. The van der Waals surface area contributed by atoms with Crippen LogP contribution in [0.3, 0.4) is 0 Å². The average molecular weight is 683 g/mol. The van der Waals surface area contributed by atoms with Crippen LogP contribution in [0.4, 0.5) is 0 Å². The molecule has 7 rings (SSSR count). The third-order valence-corrected chi connectivity index (χ3v) is 10.5. The van der Waals surface area contributed by atoms with Crippen molar-refractivity contribution in [3.05, 3.63) is 125 Å². The molecule has 0 saturated carbocycles. The minimum atomic E-state index is 0.534. The van der Waals surface area contributed by atoms with Crippen molar-refractivity contribution >= 4 is 16.6 Å². The largest absolute Gasteiger partial charge is 0.489 e. The molecule has 266 valence electrons. The number of ether oxygens (including phenoxy) is 3. The van der Waals surface area contributed by atoms with Crippen LogP contribution in [0, 0.1) is 0 Å². The first-order valence-electron chi connectivity index (χ1n) is 19.4. The molecule has 0 atom stereocenters. The molecule has 0 radical (unpaired) electrons. The maximum atomic E-state index is 6.48. The number of benzene rings is 3. The van der Waals surface area contributed by atoms with E-state index >= 15 is 0 Å². The number of pyridine rings is 1. The summed E-state index contributed by atoms with van der Waals surface area (Å²) in [5.74, 6) is 1.77. The van der Waals surface area contributed by atoms with E-state index in [1.165, 1.54) is 104 Å². The smallest absolute Gasteiger partial charge is 0.143 e. The van der Waals surface area contributed by atoms with Gasteiger partial charge in [-0.1, -0.05) is 112 Å². The van der Waals surface area contributed by atoms with E-state index in [1.807, 2.05) is 12.1 Å². The maximum Gasteiger partial charge on any atom is 0.143 e. The Morgan fingerprint density at radius 3 is 1.98 bits per heavy atom. The summed E-state index contributed by atoms with van der Waals surface area (Å²) in [7, 11) is 0. The van der Waals surface area contributed by atoms with Gasteiger partial charge in [-0.2, -0.15) is 0 Å². The van der Waals surface area contributed by atoms with Crippen molar-refractivity contribution in [2.24, 2.45) is 0 Å². The summed E-state index contributed by atoms with van der Waals surface area (Å²) >= 11 is 0. The summed E-state index contributed by atoms with van der Waals surface area (Å²) in [6.45, 7) is 8.64. The Kier molecular flexibility index (Phi) is 12.2. The number of hydrogen-bond acceptors (Lipinski definition) is 4. The van der Waals surface area contributed by atoms with Crippen molar-refractivity contribution in [3.63, 3.8) is 0 Å². The van der Waals surface area contributed by atoms with Crippen molar-refractivity contribution in [2.45, 2.75) is 91.0 Å². The lowest BCUT2D eigenvalue weighted by atomic mass is 9.98. The molecule has 0 N–H and O–H groups in total. The predicted molar refractivity (Wildman–Crippen MR) is 210 cm³/mol. The molecule has 4 heterocycles. The van der Waals surface area contributed by atoms with Gasteiger partial charge in [0, 0.05) is 17.7 Å². The fraction of sp³-hybridized carbons (Fsp3) is 0.391. The number of unbranched alkanes of at least 4 members (excludes halogenated alkanes) is 5. The molecule has 0 aliphatic carbocycles. The highest BCUT2D eigenvalue weighted by Crippen LogP contribution is 2.42. The summed E-state index contributed by atoms with van der Waals surface area (Å²) in [4.78, 5) is 2.66. The second-order valence-corrected chi connectivity index (χ2v) is 14.2. The molecule has 0 spiro atoms. The summed E-state index contributed by atoms with van der Waals surface area (Å²) in [6.07, 6.45) is 12.8. The maximum absolute atomic E-state index is 6.48. The summed E-state index contributed by atoms with van der Waals surface area (Å²) in [5, 5.41) is 0.